The second-order valence-electron chi connectivity index (χ2n) is 5.04. The Morgan fingerprint density at radius 1 is 1.16 bits per heavy atom. The summed E-state index contributed by atoms with van der Waals surface area (Å²) < 4.78 is 0. The fraction of sp³-hybridized carbons (Fsp3) is 0.176. The lowest BCUT2D eigenvalue weighted by Crippen LogP contribution is -2.40. The largest absolute Gasteiger partial charge is 0.338 e. The van der Waals surface area contributed by atoms with Crippen LogP contribution in [-0.4, -0.2) is 34.2 Å². The van der Waals surface area contributed by atoms with E-state index in [1.165, 1.54) is 11.8 Å². The Morgan fingerprint density at radius 3 is 2.76 bits per heavy atom. The van der Waals surface area contributed by atoms with E-state index >= 15 is 0 Å². The number of carbonyl (C=O) groups is 2. The number of hydrogen-bond acceptors (Lipinski definition) is 6. The summed E-state index contributed by atoms with van der Waals surface area (Å²) in [6.07, 6.45) is 0. The predicted molar refractivity (Wildman–Crippen MR) is 101 cm³/mol. The molecule has 0 unspecified atom stereocenters. The van der Waals surface area contributed by atoms with Crippen molar-refractivity contribution in [2.75, 3.05) is 12.3 Å². The zero-order valence-corrected chi connectivity index (χ0v) is 15.1. The van der Waals surface area contributed by atoms with Crippen molar-refractivity contribution in [3.05, 3.63) is 41.8 Å². The summed E-state index contributed by atoms with van der Waals surface area (Å²) in [4.78, 5) is 33.5. The molecule has 128 valence electrons. The minimum atomic E-state index is -0.486. The highest BCUT2D eigenvalue weighted by Gasteiger charge is 2.13. The van der Waals surface area contributed by atoms with Crippen LogP contribution in [0.5, 0.6) is 0 Å². The molecule has 3 amide bonds. The highest BCUT2D eigenvalue weighted by Crippen LogP contribution is 2.29. The summed E-state index contributed by atoms with van der Waals surface area (Å²) in [6, 6.07) is 11.1. The van der Waals surface area contributed by atoms with Crippen LogP contribution in [0.1, 0.15) is 6.92 Å². The molecule has 0 fully saturated rings. The fourth-order valence-electron chi connectivity index (χ4n) is 2.17. The molecule has 2 heterocycles. The molecule has 1 aromatic carbocycles. The number of imide groups is 1. The van der Waals surface area contributed by atoms with E-state index in [1.54, 1.807) is 18.3 Å². The average molecular weight is 372 g/mol. The zero-order valence-electron chi connectivity index (χ0n) is 13.5. The first-order chi connectivity index (χ1) is 12.2. The van der Waals surface area contributed by atoms with E-state index in [2.05, 4.69) is 20.6 Å². The van der Waals surface area contributed by atoms with Crippen molar-refractivity contribution in [1.29, 1.82) is 0 Å². The Morgan fingerprint density at radius 2 is 2.00 bits per heavy atom. The molecule has 0 radical (unpaired) electrons. The van der Waals surface area contributed by atoms with Gasteiger partial charge in [0, 0.05) is 11.9 Å². The van der Waals surface area contributed by atoms with E-state index in [4.69, 9.17) is 0 Å². The van der Waals surface area contributed by atoms with Crippen molar-refractivity contribution < 1.29 is 9.59 Å². The summed E-state index contributed by atoms with van der Waals surface area (Å²) in [5.74, 6) is 0.374. The van der Waals surface area contributed by atoms with Gasteiger partial charge in [-0.1, -0.05) is 36.0 Å². The van der Waals surface area contributed by atoms with Crippen molar-refractivity contribution in [3.63, 3.8) is 0 Å². The number of thioether (sulfide) groups is 1. The second-order valence-corrected chi connectivity index (χ2v) is 6.95. The van der Waals surface area contributed by atoms with Gasteiger partial charge in [0.15, 0.2) is 5.82 Å². The number of rotatable bonds is 5. The molecule has 0 saturated carbocycles. The lowest BCUT2D eigenvalue weighted by molar-refractivity contribution is -0.117. The summed E-state index contributed by atoms with van der Waals surface area (Å²) in [6.45, 7) is 2.25. The molecular formula is C17H16N4O2S2. The number of urea groups is 1. The van der Waals surface area contributed by atoms with Gasteiger partial charge in [0.25, 0.3) is 0 Å². The summed E-state index contributed by atoms with van der Waals surface area (Å²) >= 11 is 2.86. The lowest BCUT2D eigenvalue weighted by Gasteiger charge is -2.08. The van der Waals surface area contributed by atoms with Crippen LogP contribution in [0, 0.1) is 0 Å². The highest BCUT2D eigenvalue weighted by molar-refractivity contribution is 8.00. The first kappa shape index (κ1) is 17.4. The topological polar surface area (TPSA) is 84.0 Å². The van der Waals surface area contributed by atoms with Gasteiger partial charge in [-0.05, 0) is 24.4 Å². The molecule has 3 aromatic rings. The van der Waals surface area contributed by atoms with Crippen LogP contribution >= 0.6 is 23.1 Å². The van der Waals surface area contributed by atoms with Crippen LogP contribution in [0.15, 0.2) is 46.8 Å². The average Bonchev–Trinajstić information content (AvgIpc) is 3.14. The maximum Gasteiger partial charge on any atom is 0.321 e. The van der Waals surface area contributed by atoms with E-state index in [9.17, 15) is 9.59 Å². The smallest absolute Gasteiger partial charge is 0.321 e. The summed E-state index contributed by atoms with van der Waals surface area (Å²) in [5, 5.41) is 8.40. The van der Waals surface area contributed by atoms with Gasteiger partial charge in [-0.2, -0.15) is 0 Å². The van der Waals surface area contributed by atoms with Gasteiger partial charge >= 0.3 is 6.03 Å². The third-order valence-electron chi connectivity index (χ3n) is 3.24. The van der Waals surface area contributed by atoms with Crippen LogP contribution in [0.2, 0.25) is 0 Å². The van der Waals surface area contributed by atoms with E-state index in [0.717, 1.165) is 20.8 Å². The van der Waals surface area contributed by atoms with E-state index in [-0.39, 0.29) is 11.7 Å². The van der Waals surface area contributed by atoms with Crippen LogP contribution in [0.3, 0.4) is 0 Å². The van der Waals surface area contributed by atoms with Crippen molar-refractivity contribution in [1.82, 2.24) is 20.6 Å². The van der Waals surface area contributed by atoms with Gasteiger partial charge < -0.3 is 5.32 Å². The van der Waals surface area contributed by atoms with Gasteiger partial charge in [0.1, 0.15) is 5.03 Å². The molecule has 0 aliphatic rings. The van der Waals surface area contributed by atoms with Gasteiger partial charge in [0.05, 0.1) is 16.1 Å². The van der Waals surface area contributed by atoms with Crippen molar-refractivity contribution >= 4 is 45.9 Å². The van der Waals surface area contributed by atoms with Gasteiger partial charge in [0.2, 0.25) is 5.91 Å². The minimum Gasteiger partial charge on any atom is -0.338 e. The quantitative estimate of drug-likeness (QED) is 0.530. The van der Waals surface area contributed by atoms with Gasteiger partial charge in [-0.15, -0.1) is 11.3 Å². The number of thiophene rings is 1. The third-order valence-corrected chi connectivity index (χ3v) is 5.10. The molecule has 2 N–H and O–H groups in total. The number of nitrogens with zero attached hydrogens (tertiary/aromatic N) is 2. The Bertz CT molecular complexity index is 897. The van der Waals surface area contributed by atoms with E-state index in [1.807, 2.05) is 41.8 Å². The number of nitrogens with one attached hydrogen (secondary N) is 2. The van der Waals surface area contributed by atoms with Crippen LogP contribution in [0.4, 0.5) is 4.79 Å². The number of fused-ring (bicyclic) bond motifs is 1. The maximum atomic E-state index is 11.9. The van der Waals surface area contributed by atoms with Crippen LogP contribution < -0.4 is 10.6 Å². The molecule has 6 nitrogen and oxygen atoms in total. The molecule has 0 saturated heterocycles. The van der Waals surface area contributed by atoms with E-state index in [0.29, 0.717) is 12.4 Å². The molecule has 0 bridgehead atoms. The molecular weight excluding hydrogens is 356 g/mol. The first-order valence-corrected chi connectivity index (χ1v) is 9.55. The number of carbonyl (C=O) groups excluding carboxylic acids is 2. The Kier molecular flexibility index (Phi) is 5.62. The third kappa shape index (κ3) is 4.34. The monoisotopic (exact) mass is 372 g/mol. The molecule has 0 atom stereocenters. The molecule has 2 aromatic heterocycles. The standard InChI is InChI=1S/C17H16N4O2S2/c1-2-18-17(23)20-14(22)10-25-16-11-6-3-4-7-12(11)19-15(21-16)13-8-5-9-24-13/h3-9H,2,10H2,1H3,(H2,18,20,22,23). The number of aromatic nitrogens is 2. The Labute approximate surface area is 153 Å². The van der Waals surface area contributed by atoms with E-state index < -0.39 is 6.03 Å². The molecule has 0 spiro atoms. The molecule has 0 aliphatic carbocycles. The maximum absolute atomic E-state index is 11.9. The number of benzene rings is 1. The van der Waals surface area contributed by atoms with Crippen molar-refractivity contribution in [2.24, 2.45) is 0 Å². The van der Waals surface area contributed by atoms with Crippen LogP contribution in [-0.2, 0) is 4.79 Å². The fourth-order valence-corrected chi connectivity index (χ4v) is 3.65. The Balaban J connectivity index is 1.82. The lowest BCUT2D eigenvalue weighted by atomic mass is 10.2. The van der Waals surface area contributed by atoms with Gasteiger partial charge in [-0.25, -0.2) is 14.8 Å². The molecule has 25 heavy (non-hydrogen) atoms. The van der Waals surface area contributed by atoms with Crippen molar-refractivity contribution in [3.8, 4) is 10.7 Å². The molecule has 3 rings (SSSR count). The summed E-state index contributed by atoms with van der Waals surface area (Å²) in [5.41, 5.74) is 0.826. The number of hydrogen-bond donors (Lipinski definition) is 2. The first-order valence-electron chi connectivity index (χ1n) is 7.68. The number of amides is 3. The Hall–Kier alpha value is -2.45. The second kappa shape index (κ2) is 8.09. The zero-order chi connectivity index (χ0) is 17.6. The van der Waals surface area contributed by atoms with Crippen molar-refractivity contribution in [2.45, 2.75) is 11.9 Å². The predicted octanol–water partition coefficient (Wildman–Crippen LogP) is 3.30. The number of para-hydroxylation sites is 1. The summed E-state index contributed by atoms with van der Waals surface area (Å²) in [7, 11) is 0. The van der Waals surface area contributed by atoms with Crippen LogP contribution in [0.25, 0.3) is 21.6 Å². The minimum absolute atomic E-state index is 0.0992. The molecule has 0 aliphatic heterocycles. The van der Waals surface area contributed by atoms with Gasteiger partial charge in [-0.3, -0.25) is 10.1 Å². The normalized spacial score (nSPS) is 10.6. The SMILES string of the molecule is CCNC(=O)NC(=O)CSc1nc(-c2cccs2)nc2ccccc12. The molecule has 8 heteroatoms. The highest BCUT2D eigenvalue weighted by atomic mass is 32.2.